The van der Waals surface area contributed by atoms with Gasteiger partial charge in [-0.2, -0.15) is 0 Å². The standard InChI is InChI=1S/C19H27ClFNO/c1-3-23-15(2)17(8-7-11-20)18-10-9-16(14-19(18)21)22-12-5-4-6-13-22/h9-10,14,17H,2-8,11-13H2,1H3. The normalized spacial score (nSPS) is 16.2. The molecule has 1 saturated heterocycles. The summed E-state index contributed by atoms with van der Waals surface area (Å²) in [6.07, 6.45) is 5.20. The topological polar surface area (TPSA) is 12.5 Å². The van der Waals surface area contributed by atoms with Crippen molar-refractivity contribution in [1.29, 1.82) is 0 Å². The smallest absolute Gasteiger partial charge is 0.129 e. The second-order valence-electron chi connectivity index (χ2n) is 6.04. The van der Waals surface area contributed by atoms with Crippen LogP contribution in [0.5, 0.6) is 0 Å². The molecule has 1 aliphatic heterocycles. The Bertz CT molecular complexity index is 514. The summed E-state index contributed by atoms with van der Waals surface area (Å²) in [5.74, 6) is 0.878. The van der Waals surface area contributed by atoms with E-state index >= 15 is 0 Å². The van der Waals surface area contributed by atoms with E-state index in [4.69, 9.17) is 16.3 Å². The van der Waals surface area contributed by atoms with Crippen LogP contribution in [0, 0.1) is 5.82 Å². The molecule has 0 saturated carbocycles. The predicted molar refractivity (Wildman–Crippen MR) is 95.9 cm³/mol. The van der Waals surface area contributed by atoms with Crippen LogP contribution in [0.15, 0.2) is 30.5 Å². The van der Waals surface area contributed by atoms with Crippen LogP contribution >= 0.6 is 11.6 Å². The lowest BCUT2D eigenvalue weighted by atomic mass is 9.92. The monoisotopic (exact) mass is 339 g/mol. The van der Waals surface area contributed by atoms with E-state index < -0.39 is 0 Å². The van der Waals surface area contributed by atoms with Crippen LogP contribution in [0.2, 0.25) is 0 Å². The van der Waals surface area contributed by atoms with Crippen molar-refractivity contribution in [3.8, 4) is 0 Å². The number of anilines is 1. The second kappa shape index (κ2) is 9.17. The molecule has 1 unspecified atom stereocenters. The molecular weight excluding hydrogens is 313 g/mol. The lowest BCUT2D eigenvalue weighted by molar-refractivity contribution is 0.206. The average Bonchev–Trinajstić information content (AvgIpc) is 2.57. The average molecular weight is 340 g/mol. The molecule has 0 aliphatic carbocycles. The number of nitrogens with zero attached hydrogens (tertiary/aromatic N) is 1. The maximum absolute atomic E-state index is 14.7. The molecule has 1 atom stereocenters. The number of alkyl halides is 1. The van der Waals surface area contributed by atoms with Gasteiger partial charge in [-0.25, -0.2) is 4.39 Å². The zero-order chi connectivity index (χ0) is 16.7. The first-order valence-corrected chi connectivity index (χ1v) is 9.12. The molecule has 0 spiro atoms. The maximum Gasteiger partial charge on any atom is 0.129 e. The Morgan fingerprint density at radius 2 is 2.09 bits per heavy atom. The number of benzene rings is 1. The molecule has 1 aliphatic rings. The molecule has 1 fully saturated rings. The highest BCUT2D eigenvalue weighted by molar-refractivity contribution is 6.17. The van der Waals surface area contributed by atoms with Crippen molar-refractivity contribution in [2.24, 2.45) is 0 Å². The molecule has 0 N–H and O–H groups in total. The molecule has 4 heteroatoms. The Hall–Kier alpha value is -1.22. The van der Waals surface area contributed by atoms with E-state index in [-0.39, 0.29) is 11.7 Å². The second-order valence-corrected chi connectivity index (χ2v) is 6.41. The van der Waals surface area contributed by atoms with Gasteiger partial charge in [0.2, 0.25) is 0 Å². The highest BCUT2D eigenvalue weighted by atomic mass is 35.5. The molecule has 0 amide bonds. The molecule has 0 radical (unpaired) electrons. The number of piperidine rings is 1. The van der Waals surface area contributed by atoms with E-state index in [1.807, 2.05) is 19.1 Å². The summed E-state index contributed by atoms with van der Waals surface area (Å²) in [4.78, 5) is 2.27. The fourth-order valence-electron chi connectivity index (χ4n) is 3.20. The number of hydrogen-bond donors (Lipinski definition) is 0. The van der Waals surface area contributed by atoms with Crippen LogP contribution in [-0.4, -0.2) is 25.6 Å². The summed E-state index contributed by atoms with van der Waals surface area (Å²) in [5, 5.41) is 0. The minimum Gasteiger partial charge on any atom is -0.498 e. The number of allylic oxidation sites excluding steroid dienone is 1. The Kier molecular flexibility index (Phi) is 7.22. The van der Waals surface area contributed by atoms with Gasteiger partial charge >= 0.3 is 0 Å². The molecule has 1 aromatic carbocycles. The van der Waals surface area contributed by atoms with Crippen LogP contribution in [0.4, 0.5) is 10.1 Å². The summed E-state index contributed by atoms with van der Waals surface area (Å²) >= 11 is 5.81. The minimum absolute atomic E-state index is 0.135. The summed E-state index contributed by atoms with van der Waals surface area (Å²) in [5.41, 5.74) is 1.64. The van der Waals surface area contributed by atoms with E-state index in [1.165, 1.54) is 19.3 Å². The van der Waals surface area contributed by atoms with E-state index in [0.29, 0.717) is 23.8 Å². The van der Waals surface area contributed by atoms with Crippen molar-refractivity contribution in [3.63, 3.8) is 0 Å². The van der Waals surface area contributed by atoms with Crippen molar-refractivity contribution < 1.29 is 9.13 Å². The van der Waals surface area contributed by atoms with Gasteiger partial charge in [-0.05, 0) is 56.7 Å². The van der Waals surface area contributed by atoms with Gasteiger partial charge in [0.25, 0.3) is 0 Å². The molecule has 1 aromatic rings. The molecule has 2 nitrogen and oxygen atoms in total. The third-order valence-corrected chi connectivity index (χ3v) is 4.69. The Morgan fingerprint density at radius 1 is 1.35 bits per heavy atom. The van der Waals surface area contributed by atoms with Gasteiger partial charge in [0.15, 0.2) is 0 Å². The molecule has 23 heavy (non-hydrogen) atoms. The van der Waals surface area contributed by atoms with Crippen LogP contribution in [0.3, 0.4) is 0 Å². The number of halogens is 2. The number of rotatable bonds is 8. The van der Waals surface area contributed by atoms with Crippen molar-refractivity contribution in [2.75, 3.05) is 30.5 Å². The van der Waals surface area contributed by atoms with E-state index in [1.54, 1.807) is 6.07 Å². The third kappa shape index (κ3) is 4.87. The van der Waals surface area contributed by atoms with Crippen LogP contribution in [-0.2, 0) is 4.74 Å². The first-order valence-electron chi connectivity index (χ1n) is 8.59. The fraction of sp³-hybridized carbons (Fsp3) is 0.579. The first kappa shape index (κ1) is 18.1. The molecular formula is C19H27ClFNO. The zero-order valence-corrected chi connectivity index (χ0v) is 14.7. The van der Waals surface area contributed by atoms with Crippen LogP contribution < -0.4 is 4.90 Å². The van der Waals surface area contributed by atoms with Gasteiger partial charge < -0.3 is 9.64 Å². The van der Waals surface area contributed by atoms with Gasteiger partial charge in [-0.3, -0.25) is 0 Å². The number of ether oxygens (including phenoxy) is 1. The Balaban J connectivity index is 2.19. The first-order chi connectivity index (χ1) is 11.2. The quantitative estimate of drug-likeness (QED) is 0.460. The lowest BCUT2D eigenvalue weighted by Crippen LogP contribution is -2.29. The summed E-state index contributed by atoms with van der Waals surface area (Å²) < 4.78 is 20.3. The van der Waals surface area contributed by atoms with Gasteiger partial charge in [0, 0.05) is 30.6 Å². The Morgan fingerprint density at radius 3 is 2.70 bits per heavy atom. The van der Waals surface area contributed by atoms with E-state index in [9.17, 15) is 4.39 Å². The van der Waals surface area contributed by atoms with Gasteiger partial charge in [0.1, 0.15) is 5.82 Å². The van der Waals surface area contributed by atoms with Gasteiger partial charge in [-0.1, -0.05) is 12.6 Å². The van der Waals surface area contributed by atoms with Crippen LogP contribution in [0.25, 0.3) is 0 Å². The molecule has 0 aromatic heterocycles. The van der Waals surface area contributed by atoms with Crippen molar-refractivity contribution in [2.45, 2.75) is 44.9 Å². The van der Waals surface area contributed by atoms with E-state index in [2.05, 4.69) is 11.5 Å². The highest BCUT2D eigenvalue weighted by Crippen LogP contribution is 2.33. The molecule has 0 bridgehead atoms. The molecule has 2 rings (SSSR count). The number of hydrogen-bond acceptors (Lipinski definition) is 2. The van der Waals surface area contributed by atoms with Gasteiger partial charge in [0.05, 0.1) is 12.4 Å². The SMILES string of the molecule is C=C(OCC)C(CCCCl)c1ccc(N2CCCCC2)cc1F. The Labute approximate surface area is 144 Å². The highest BCUT2D eigenvalue weighted by Gasteiger charge is 2.21. The summed E-state index contributed by atoms with van der Waals surface area (Å²) in [7, 11) is 0. The van der Waals surface area contributed by atoms with Crippen molar-refractivity contribution >= 4 is 17.3 Å². The summed E-state index contributed by atoms with van der Waals surface area (Å²) in [6.45, 7) is 8.47. The minimum atomic E-state index is -0.173. The summed E-state index contributed by atoms with van der Waals surface area (Å²) in [6, 6.07) is 5.58. The molecule has 128 valence electrons. The van der Waals surface area contributed by atoms with Crippen molar-refractivity contribution in [3.05, 3.63) is 41.9 Å². The molecule has 1 heterocycles. The maximum atomic E-state index is 14.7. The largest absolute Gasteiger partial charge is 0.498 e. The van der Waals surface area contributed by atoms with E-state index in [0.717, 1.165) is 31.6 Å². The predicted octanol–water partition coefficient (Wildman–Crippen LogP) is 5.47. The third-order valence-electron chi connectivity index (χ3n) is 4.43. The van der Waals surface area contributed by atoms with Crippen LogP contribution in [0.1, 0.15) is 50.5 Å². The lowest BCUT2D eigenvalue weighted by Gasteiger charge is -2.29. The fourth-order valence-corrected chi connectivity index (χ4v) is 3.36. The zero-order valence-electron chi connectivity index (χ0n) is 14.0. The van der Waals surface area contributed by atoms with Gasteiger partial charge in [-0.15, -0.1) is 11.6 Å². The van der Waals surface area contributed by atoms with Crippen molar-refractivity contribution in [1.82, 2.24) is 0 Å².